The number of hydrogen-bond donors (Lipinski definition) is 1. The largest absolute Gasteiger partial charge is 0.451 e. The zero-order valence-electron chi connectivity index (χ0n) is 23.5. The van der Waals surface area contributed by atoms with Crippen molar-refractivity contribution in [1.29, 1.82) is 10.5 Å². The first kappa shape index (κ1) is 27.5. The maximum atomic E-state index is 14.1. The number of rotatable bonds is 7. The first-order chi connectivity index (χ1) is 21.1. The fraction of sp³-hybridized carbons (Fsp3) is 0.139. The highest BCUT2D eigenvalue weighted by molar-refractivity contribution is 6.04. The summed E-state index contributed by atoms with van der Waals surface area (Å²) in [6.07, 6.45) is 0. The van der Waals surface area contributed by atoms with Crippen molar-refractivity contribution in [3.8, 4) is 34.6 Å². The number of piperazine rings is 1. The summed E-state index contributed by atoms with van der Waals surface area (Å²) in [5.74, 6) is 0.519. The molecular weight excluding hydrogens is 534 g/mol. The molecule has 4 aromatic carbocycles. The topological polar surface area (TPSA) is 96.3 Å². The second-order valence-electron chi connectivity index (χ2n) is 10.3. The quantitative estimate of drug-likeness (QED) is 0.239. The van der Waals surface area contributed by atoms with Gasteiger partial charge < -0.3 is 19.5 Å². The molecule has 1 N–H and O–H groups in total. The van der Waals surface area contributed by atoms with Gasteiger partial charge in [-0.1, -0.05) is 36.4 Å². The van der Waals surface area contributed by atoms with E-state index in [0.717, 1.165) is 59.8 Å². The maximum absolute atomic E-state index is 14.1. The normalized spacial score (nSPS) is 12.7. The first-order valence-corrected chi connectivity index (χ1v) is 14.2. The van der Waals surface area contributed by atoms with E-state index in [4.69, 9.17) is 9.68 Å². The molecule has 5 aromatic rings. The molecule has 7 heteroatoms. The molecule has 0 bridgehead atoms. The van der Waals surface area contributed by atoms with Crippen molar-refractivity contribution in [2.24, 2.45) is 0 Å². The van der Waals surface area contributed by atoms with Crippen LogP contribution in [0.25, 0.3) is 22.5 Å². The smallest absolute Gasteiger partial charge is 0.294 e. The third-order valence-corrected chi connectivity index (χ3v) is 7.67. The van der Waals surface area contributed by atoms with Crippen LogP contribution in [0.5, 0.6) is 0 Å². The molecule has 0 unspecified atom stereocenters. The van der Waals surface area contributed by atoms with Gasteiger partial charge in [0.05, 0.1) is 29.8 Å². The predicted molar refractivity (Wildman–Crippen MR) is 167 cm³/mol. The molecule has 0 atom stereocenters. The number of amides is 1. The summed E-state index contributed by atoms with van der Waals surface area (Å²) in [6.45, 7) is 4.07. The van der Waals surface area contributed by atoms with Crippen LogP contribution in [-0.4, -0.2) is 32.1 Å². The Bertz CT molecular complexity index is 1800. The molecule has 6 rings (SSSR count). The van der Waals surface area contributed by atoms with Crippen molar-refractivity contribution in [3.05, 3.63) is 132 Å². The lowest BCUT2D eigenvalue weighted by atomic mass is 9.98. The Morgan fingerprint density at radius 1 is 0.767 bits per heavy atom. The van der Waals surface area contributed by atoms with Crippen LogP contribution in [0.3, 0.4) is 0 Å². The molecule has 2 heterocycles. The molecule has 1 aliphatic heterocycles. The number of furan rings is 1. The van der Waals surface area contributed by atoms with E-state index in [1.165, 1.54) is 0 Å². The Kier molecular flexibility index (Phi) is 7.99. The summed E-state index contributed by atoms with van der Waals surface area (Å²) in [6, 6.07) is 38.4. The predicted octanol–water partition coefficient (Wildman–Crippen LogP) is 6.61. The van der Waals surface area contributed by atoms with Gasteiger partial charge in [0, 0.05) is 43.1 Å². The van der Waals surface area contributed by atoms with Gasteiger partial charge in [-0.2, -0.15) is 10.5 Å². The number of nitrogens with zero attached hydrogens (tertiary/aromatic N) is 4. The van der Waals surface area contributed by atoms with E-state index < -0.39 is 0 Å². The van der Waals surface area contributed by atoms with E-state index in [1.54, 1.807) is 41.3 Å². The van der Waals surface area contributed by atoms with Gasteiger partial charge in [0.15, 0.2) is 5.76 Å². The highest BCUT2D eigenvalue weighted by atomic mass is 16.4. The van der Waals surface area contributed by atoms with Gasteiger partial charge >= 0.3 is 0 Å². The lowest BCUT2D eigenvalue weighted by molar-refractivity contribution is 0.0959. The van der Waals surface area contributed by atoms with E-state index in [0.29, 0.717) is 23.4 Å². The van der Waals surface area contributed by atoms with Crippen LogP contribution in [0.15, 0.2) is 114 Å². The van der Waals surface area contributed by atoms with Crippen molar-refractivity contribution in [3.63, 3.8) is 0 Å². The van der Waals surface area contributed by atoms with Crippen LogP contribution >= 0.6 is 0 Å². The summed E-state index contributed by atoms with van der Waals surface area (Å²) in [4.78, 5) is 18.2. The molecule has 43 heavy (non-hydrogen) atoms. The average molecular weight is 564 g/mol. The van der Waals surface area contributed by atoms with Gasteiger partial charge in [0.25, 0.3) is 5.91 Å². The third kappa shape index (κ3) is 6.04. The van der Waals surface area contributed by atoms with Gasteiger partial charge in [-0.25, -0.2) is 0 Å². The SMILES string of the molecule is N#Cc1ccc(-c2ccc(C(=O)N(Cc3ccccc3-c3ccc(C#N)cc3)c3ccc(N4CCNCC4)cc3)o2)cc1. The highest BCUT2D eigenvalue weighted by Gasteiger charge is 2.24. The van der Waals surface area contributed by atoms with E-state index in [9.17, 15) is 10.1 Å². The van der Waals surface area contributed by atoms with E-state index in [2.05, 4.69) is 34.5 Å². The summed E-state index contributed by atoms with van der Waals surface area (Å²) < 4.78 is 6.08. The standard InChI is InChI=1S/C36H29N5O2/c37-23-26-5-9-28(10-6-26)33-4-2-1-3-30(33)25-41(32-15-13-31(14-16-32)40-21-19-39-20-22-40)36(42)35-18-17-34(43-35)29-11-7-27(24-38)8-12-29/h1-18,39H,19-22,25H2. The number of hydrogen-bond acceptors (Lipinski definition) is 6. The van der Waals surface area contributed by atoms with Gasteiger partial charge in [-0.3, -0.25) is 4.79 Å². The van der Waals surface area contributed by atoms with Gasteiger partial charge in [-0.05, 0) is 89.5 Å². The van der Waals surface area contributed by atoms with E-state index in [-0.39, 0.29) is 11.7 Å². The minimum Gasteiger partial charge on any atom is -0.451 e. The molecular formula is C36H29N5O2. The number of nitriles is 2. The van der Waals surface area contributed by atoms with Gasteiger partial charge in [0.2, 0.25) is 0 Å². The maximum Gasteiger partial charge on any atom is 0.294 e. The van der Waals surface area contributed by atoms with Crippen molar-refractivity contribution in [2.75, 3.05) is 36.0 Å². The monoisotopic (exact) mass is 563 g/mol. The Balaban J connectivity index is 1.35. The molecule has 0 radical (unpaired) electrons. The summed E-state index contributed by atoms with van der Waals surface area (Å²) >= 11 is 0. The minimum atomic E-state index is -0.260. The van der Waals surface area contributed by atoms with Crippen molar-refractivity contribution < 1.29 is 9.21 Å². The van der Waals surface area contributed by atoms with Crippen molar-refractivity contribution >= 4 is 17.3 Å². The fourth-order valence-electron chi connectivity index (χ4n) is 5.33. The van der Waals surface area contributed by atoms with Crippen molar-refractivity contribution in [1.82, 2.24) is 5.32 Å². The molecule has 0 spiro atoms. The van der Waals surface area contributed by atoms with E-state index >= 15 is 0 Å². The van der Waals surface area contributed by atoms with Gasteiger partial charge in [-0.15, -0.1) is 0 Å². The number of anilines is 2. The van der Waals surface area contributed by atoms with Crippen LogP contribution in [-0.2, 0) is 6.54 Å². The Hall–Kier alpha value is -5.63. The Labute approximate surface area is 250 Å². The molecule has 1 aromatic heterocycles. The molecule has 210 valence electrons. The fourth-order valence-corrected chi connectivity index (χ4v) is 5.33. The van der Waals surface area contributed by atoms with Crippen LogP contribution in [0.2, 0.25) is 0 Å². The molecule has 1 amide bonds. The van der Waals surface area contributed by atoms with Gasteiger partial charge in [0.1, 0.15) is 5.76 Å². The molecule has 7 nitrogen and oxygen atoms in total. The first-order valence-electron chi connectivity index (χ1n) is 14.2. The highest BCUT2D eigenvalue weighted by Crippen LogP contribution is 2.31. The number of carbonyl (C=O) groups is 1. The second kappa shape index (κ2) is 12.5. The molecule has 0 aliphatic carbocycles. The molecule has 1 fully saturated rings. The third-order valence-electron chi connectivity index (χ3n) is 7.67. The second-order valence-corrected chi connectivity index (χ2v) is 10.3. The minimum absolute atomic E-state index is 0.224. The lowest BCUT2D eigenvalue weighted by Crippen LogP contribution is -2.43. The molecule has 0 saturated carbocycles. The molecule has 1 saturated heterocycles. The summed E-state index contributed by atoms with van der Waals surface area (Å²) in [7, 11) is 0. The number of benzene rings is 4. The average Bonchev–Trinajstić information content (AvgIpc) is 3.58. The lowest BCUT2D eigenvalue weighted by Gasteiger charge is -2.30. The van der Waals surface area contributed by atoms with Crippen LogP contribution in [0, 0.1) is 22.7 Å². The Morgan fingerprint density at radius 2 is 1.40 bits per heavy atom. The van der Waals surface area contributed by atoms with E-state index in [1.807, 2.05) is 60.7 Å². The van der Waals surface area contributed by atoms with Crippen molar-refractivity contribution in [2.45, 2.75) is 6.54 Å². The summed E-state index contributed by atoms with van der Waals surface area (Å²) in [5.41, 5.74) is 6.74. The Morgan fingerprint density at radius 3 is 2.05 bits per heavy atom. The zero-order chi connectivity index (χ0) is 29.6. The zero-order valence-corrected chi connectivity index (χ0v) is 23.5. The van der Waals surface area contributed by atoms with Crippen LogP contribution in [0.4, 0.5) is 11.4 Å². The number of nitrogens with one attached hydrogen (secondary N) is 1. The number of carbonyl (C=O) groups excluding carboxylic acids is 1. The van der Waals surface area contributed by atoms with Crippen LogP contribution < -0.4 is 15.1 Å². The molecule has 1 aliphatic rings. The van der Waals surface area contributed by atoms with Crippen LogP contribution in [0.1, 0.15) is 27.2 Å². The summed E-state index contributed by atoms with van der Waals surface area (Å²) in [5, 5.41) is 21.8.